The Kier molecular flexibility index (Phi) is 6.37. The fourth-order valence-electron chi connectivity index (χ4n) is 2.94. The summed E-state index contributed by atoms with van der Waals surface area (Å²) in [6, 6.07) is 18.8. The molecule has 0 aliphatic carbocycles. The summed E-state index contributed by atoms with van der Waals surface area (Å²) in [5.41, 5.74) is 1.70. The molecule has 1 atom stereocenters. The molecule has 1 aromatic heterocycles. The average Bonchev–Trinajstić information content (AvgIpc) is 2.73. The van der Waals surface area contributed by atoms with Crippen molar-refractivity contribution in [1.29, 1.82) is 0 Å². The fourth-order valence-corrected chi connectivity index (χ4v) is 2.94. The molecule has 0 aliphatic rings. The zero-order valence-corrected chi connectivity index (χ0v) is 16.4. The first-order valence-electron chi connectivity index (χ1n) is 9.27. The van der Waals surface area contributed by atoms with E-state index in [1.807, 2.05) is 73.0 Å². The highest BCUT2D eigenvalue weighted by Crippen LogP contribution is 2.22. The fraction of sp³-hybridized carbons (Fsp3) is 0.261. The van der Waals surface area contributed by atoms with Gasteiger partial charge in [-0.15, -0.1) is 0 Å². The third-order valence-electron chi connectivity index (χ3n) is 4.61. The van der Waals surface area contributed by atoms with Gasteiger partial charge in [0.05, 0.1) is 19.3 Å². The minimum absolute atomic E-state index is 0.118. The number of ether oxygens (including phenoxy) is 3. The quantitative estimate of drug-likeness (QED) is 0.583. The highest BCUT2D eigenvalue weighted by molar-refractivity contribution is 5.31. The number of rotatable bonds is 8. The monoisotopic (exact) mass is 379 g/mol. The molecule has 0 radical (unpaired) electrons. The van der Waals surface area contributed by atoms with Gasteiger partial charge in [0.2, 0.25) is 5.43 Å². The van der Waals surface area contributed by atoms with Crippen LogP contribution in [0.4, 0.5) is 0 Å². The van der Waals surface area contributed by atoms with E-state index < -0.39 is 0 Å². The first kappa shape index (κ1) is 19.5. The number of methoxy groups -OCH3 is 1. The van der Waals surface area contributed by atoms with Crippen LogP contribution in [0.15, 0.2) is 71.7 Å². The third kappa shape index (κ3) is 4.74. The van der Waals surface area contributed by atoms with Crippen LogP contribution in [0.25, 0.3) is 0 Å². The van der Waals surface area contributed by atoms with Crippen LogP contribution in [0, 0.1) is 6.92 Å². The Morgan fingerprint density at radius 1 is 0.964 bits per heavy atom. The van der Waals surface area contributed by atoms with Crippen molar-refractivity contribution in [2.75, 3.05) is 13.7 Å². The van der Waals surface area contributed by atoms with Crippen LogP contribution in [0.3, 0.4) is 0 Å². The Hall–Kier alpha value is -3.21. The van der Waals surface area contributed by atoms with E-state index in [0.29, 0.717) is 18.9 Å². The van der Waals surface area contributed by atoms with E-state index in [1.165, 1.54) is 6.07 Å². The summed E-state index contributed by atoms with van der Waals surface area (Å²) < 4.78 is 18.9. The van der Waals surface area contributed by atoms with Gasteiger partial charge in [0, 0.05) is 12.3 Å². The van der Waals surface area contributed by atoms with Crippen LogP contribution in [-0.4, -0.2) is 18.3 Å². The summed E-state index contributed by atoms with van der Waals surface area (Å²) in [4.78, 5) is 12.3. The molecule has 0 aliphatic heterocycles. The first-order valence-corrected chi connectivity index (χ1v) is 9.27. The molecule has 0 fully saturated rings. The minimum Gasteiger partial charge on any atom is -0.497 e. The lowest BCUT2D eigenvalue weighted by Gasteiger charge is -2.19. The van der Waals surface area contributed by atoms with Crippen molar-refractivity contribution in [1.82, 2.24) is 4.57 Å². The molecule has 5 heteroatoms. The normalized spacial score (nSPS) is 11.7. The molecule has 5 nitrogen and oxygen atoms in total. The molecule has 0 bridgehead atoms. The summed E-state index contributed by atoms with van der Waals surface area (Å²) in [6.45, 7) is 4.91. The van der Waals surface area contributed by atoms with Gasteiger partial charge in [-0.2, -0.15) is 0 Å². The molecule has 146 valence electrons. The zero-order valence-electron chi connectivity index (χ0n) is 16.4. The van der Waals surface area contributed by atoms with E-state index in [2.05, 4.69) is 0 Å². The second kappa shape index (κ2) is 9.13. The molecule has 1 unspecified atom stereocenters. The maximum Gasteiger partial charge on any atom is 0.223 e. The zero-order chi connectivity index (χ0) is 19.9. The molecule has 0 saturated heterocycles. The summed E-state index contributed by atoms with van der Waals surface area (Å²) >= 11 is 0. The van der Waals surface area contributed by atoms with Crippen LogP contribution < -0.4 is 19.6 Å². The number of pyridine rings is 1. The second-order valence-corrected chi connectivity index (χ2v) is 6.48. The number of aromatic nitrogens is 1. The number of benzene rings is 2. The first-order chi connectivity index (χ1) is 13.6. The average molecular weight is 379 g/mol. The highest BCUT2D eigenvalue weighted by Gasteiger charge is 2.14. The van der Waals surface area contributed by atoms with Crippen molar-refractivity contribution in [3.8, 4) is 17.2 Å². The summed E-state index contributed by atoms with van der Waals surface area (Å²) in [5.74, 6) is 1.94. The molecule has 28 heavy (non-hydrogen) atoms. The van der Waals surface area contributed by atoms with Gasteiger partial charge in [-0.3, -0.25) is 4.79 Å². The van der Waals surface area contributed by atoms with Crippen LogP contribution in [0.2, 0.25) is 0 Å². The van der Waals surface area contributed by atoms with Crippen molar-refractivity contribution >= 4 is 0 Å². The van der Waals surface area contributed by atoms with Crippen molar-refractivity contribution < 1.29 is 14.2 Å². The lowest BCUT2D eigenvalue weighted by Crippen LogP contribution is -2.18. The van der Waals surface area contributed by atoms with Crippen LogP contribution >= 0.6 is 0 Å². The van der Waals surface area contributed by atoms with Crippen LogP contribution in [-0.2, 0) is 6.54 Å². The number of hydrogen-bond acceptors (Lipinski definition) is 4. The molecular weight excluding hydrogens is 354 g/mol. The third-order valence-corrected chi connectivity index (χ3v) is 4.61. The standard InChI is InChI=1S/C23H25NO4/c1-17-23(28-18(2)19-7-5-4-6-8-19)22(25)13-14-24(17)15-16-27-21-11-9-20(26-3)10-12-21/h4-14,18H,15-16H2,1-3H3. The van der Waals surface area contributed by atoms with Gasteiger partial charge in [-0.1, -0.05) is 30.3 Å². The Morgan fingerprint density at radius 3 is 2.32 bits per heavy atom. The Bertz CT molecular complexity index is 949. The van der Waals surface area contributed by atoms with Gasteiger partial charge < -0.3 is 18.8 Å². The maximum atomic E-state index is 12.3. The summed E-state index contributed by atoms with van der Waals surface area (Å²) in [7, 11) is 1.63. The Labute approximate surface area is 165 Å². The van der Waals surface area contributed by atoms with Gasteiger partial charge in [0.15, 0.2) is 5.75 Å². The lowest BCUT2D eigenvalue weighted by atomic mass is 10.1. The molecule has 2 aromatic carbocycles. The highest BCUT2D eigenvalue weighted by atomic mass is 16.5. The van der Waals surface area contributed by atoms with Gasteiger partial charge >= 0.3 is 0 Å². The topological polar surface area (TPSA) is 49.7 Å². The molecule has 1 heterocycles. The minimum atomic E-state index is -0.209. The molecule has 0 N–H and O–H groups in total. The van der Waals surface area contributed by atoms with E-state index in [-0.39, 0.29) is 11.5 Å². The van der Waals surface area contributed by atoms with Gasteiger partial charge in [-0.05, 0) is 43.7 Å². The molecule has 0 spiro atoms. The molecule has 3 rings (SSSR count). The number of hydrogen-bond donors (Lipinski definition) is 0. The van der Waals surface area contributed by atoms with Crippen LogP contribution in [0.1, 0.15) is 24.3 Å². The molecule has 0 amide bonds. The predicted molar refractivity (Wildman–Crippen MR) is 109 cm³/mol. The van der Waals surface area contributed by atoms with E-state index in [1.54, 1.807) is 13.3 Å². The van der Waals surface area contributed by atoms with Crippen LogP contribution in [0.5, 0.6) is 17.2 Å². The van der Waals surface area contributed by atoms with Crippen molar-refractivity contribution in [2.24, 2.45) is 0 Å². The second-order valence-electron chi connectivity index (χ2n) is 6.48. The molecule has 3 aromatic rings. The van der Waals surface area contributed by atoms with Crippen molar-refractivity contribution in [3.05, 3.63) is 88.3 Å². The van der Waals surface area contributed by atoms with Crippen molar-refractivity contribution in [2.45, 2.75) is 26.5 Å². The largest absolute Gasteiger partial charge is 0.497 e. The summed E-state index contributed by atoms with van der Waals surface area (Å²) in [6.07, 6.45) is 1.56. The Balaban J connectivity index is 1.67. The van der Waals surface area contributed by atoms with Crippen molar-refractivity contribution in [3.63, 3.8) is 0 Å². The molecular formula is C23H25NO4. The maximum absolute atomic E-state index is 12.3. The predicted octanol–water partition coefficient (Wildman–Crippen LogP) is 4.38. The van der Waals surface area contributed by atoms with Gasteiger partial charge in [0.1, 0.15) is 24.2 Å². The smallest absolute Gasteiger partial charge is 0.223 e. The summed E-state index contributed by atoms with van der Waals surface area (Å²) in [5, 5.41) is 0. The lowest BCUT2D eigenvalue weighted by molar-refractivity contribution is 0.219. The van der Waals surface area contributed by atoms with E-state index in [0.717, 1.165) is 22.8 Å². The van der Waals surface area contributed by atoms with E-state index >= 15 is 0 Å². The Morgan fingerprint density at radius 2 is 1.64 bits per heavy atom. The molecule has 0 saturated carbocycles. The van der Waals surface area contributed by atoms with E-state index in [9.17, 15) is 4.79 Å². The van der Waals surface area contributed by atoms with E-state index in [4.69, 9.17) is 14.2 Å². The van der Waals surface area contributed by atoms with Gasteiger partial charge in [0.25, 0.3) is 0 Å². The SMILES string of the molecule is COc1ccc(OCCn2ccc(=O)c(OC(C)c3ccccc3)c2C)cc1. The van der Waals surface area contributed by atoms with Gasteiger partial charge in [-0.25, -0.2) is 0 Å². The number of nitrogens with zero attached hydrogens (tertiary/aromatic N) is 1.